The van der Waals surface area contributed by atoms with Crippen LogP contribution in [0.3, 0.4) is 0 Å². The van der Waals surface area contributed by atoms with Gasteiger partial charge in [0.15, 0.2) is 0 Å². The van der Waals surface area contributed by atoms with E-state index in [1.54, 1.807) is 0 Å². The van der Waals surface area contributed by atoms with Gasteiger partial charge in [-0.3, -0.25) is 0 Å². The highest BCUT2D eigenvalue weighted by Crippen LogP contribution is 2.30. The predicted octanol–water partition coefficient (Wildman–Crippen LogP) is 2.57. The van der Waals surface area contributed by atoms with Crippen molar-refractivity contribution in [1.29, 1.82) is 0 Å². The van der Waals surface area contributed by atoms with Gasteiger partial charge in [-0.25, -0.2) is 4.79 Å². The summed E-state index contributed by atoms with van der Waals surface area (Å²) in [5.74, 6) is 0. The lowest BCUT2D eigenvalue weighted by atomic mass is 9.99. The number of rotatable bonds is 5. The van der Waals surface area contributed by atoms with E-state index in [4.69, 9.17) is 0 Å². The van der Waals surface area contributed by atoms with Crippen molar-refractivity contribution in [3.8, 4) is 0 Å². The van der Waals surface area contributed by atoms with Gasteiger partial charge < -0.3 is 20.6 Å². The second-order valence-electron chi connectivity index (χ2n) is 5.76. The van der Waals surface area contributed by atoms with Gasteiger partial charge >= 0.3 is 6.03 Å². The lowest BCUT2D eigenvalue weighted by Gasteiger charge is -2.28. The summed E-state index contributed by atoms with van der Waals surface area (Å²) in [6, 6.07) is 7.48. The van der Waals surface area contributed by atoms with Crippen molar-refractivity contribution in [2.75, 3.05) is 30.4 Å². The van der Waals surface area contributed by atoms with Gasteiger partial charge in [0.05, 0.1) is 23.5 Å². The second kappa shape index (κ2) is 6.80. The fraction of sp³-hybridized carbons (Fsp3) is 0.562. The number of hydrogen-bond donors (Lipinski definition) is 3. The average molecular weight is 291 g/mol. The van der Waals surface area contributed by atoms with Gasteiger partial charge in [0.1, 0.15) is 0 Å². The summed E-state index contributed by atoms with van der Waals surface area (Å²) in [4.78, 5) is 14.3. The molecule has 1 saturated carbocycles. The van der Waals surface area contributed by atoms with Crippen LogP contribution in [0, 0.1) is 0 Å². The number of anilines is 2. The van der Waals surface area contributed by atoms with E-state index < -0.39 is 5.54 Å². The highest BCUT2D eigenvalue weighted by molar-refractivity contribution is 5.93. The molecular weight excluding hydrogens is 266 g/mol. The van der Waals surface area contributed by atoms with Gasteiger partial charge in [-0.2, -0.15) is 0 Å². The highest BCUT2D eigenvalue weighted by Gasteiger charge is 2.34. The fourth-order valence-electron chi connectivity index (χ4n) is 2.85. The molecule has 0 bridgehead atoms. The number of para-hydroxylation sites is 2. The summed E-state index contributed by atoms with van der Waals surface area (Å²) in [5.41, 5.74) is 1.32. The largest absolute Gasteiger partial charge is 0.394 e. The van der Waals surface area contributed by atoms with E-state index in [2.05, 4.69) is 22.5 Å². The minimum Gasteiger partial charge on any atom is -0.394 e. The van der Waals surface area contributed by atoms with Crippen LogP contribution in [-0.4, -0.2) is 36.9 Å². The molecule has 0 saturated heterocycles. The van der Waals surface area contributed by atoms with Crippen LogP contribution in [0.25, 0.3) is 0 Å². The molecule has 0 aliphatic heterocycles. The molecule has 0 heterocycles. The molecule has 21 heavy (non-hydrogen) atoms. The maximum atomic E-state index is 12.2. The molecular formula is C16H25N3O2. The second-order valence-corrected chi connectivity index (χ2v) is 5.76. The van der Waals surface area contributed by atoms with Crippen LogP contribution in [0.15, 0.2) is 24.3 Å². The molecule has 0 aromatic heterocycles. The summed E-state index contributed by atoms with van der Waals surface area (Å²) >= 11 is 0. The Morgan fingerprint density at radius 3 is 2.62 bits per heavy atom. The molecule has 0 radical (unpaired) electrons. The molecule has 1 aromatic carbocycles. The molecule has 1 fully saturated rings. The maximum absolute atomic E-state index is 12.2. The summed E-state index contributed by atoms with van der Waals surface area (Å²) in [5, 5.41) is 15.4. The number of benzene rings is 1. The highest BCUT2D eigenvalue weighted by atomic mass is 16.3. The van der Waals surface area contributed by atoms with Crippen LogP contribution < -0.4 is 15.5 Å². The number of carbonyl (C=O) groups is 1. The first kappa shape index (κ1) is 15.6. The summed E-state index contributed by atoms with van der Waals surface area (Å²) in [6.07, 6.45) is 3.78. The Hall–Kier alpha value is -1.75. The molecule has 2 amide bonds. The lowest BCUT2D eigenvalue weighted by Crippen LogP contribution is -2.50. The molecule has 1 aliphatic carbocycles. The average Bonchev–Trinajstić information content (AvgIpc) is 2.96. The summed E-state index contributed by atoms with van der Waals surface area (Å²) in [6.45, 7) is 2.92. The number of hydrogen-bond acceptors (Lipinski definition) is 3. The predicted molar refractivity (Wildman–Crippen MR) is 85.8 cm³/mol. The number of carbonyl (C=O) groups excluding carboxylic acids is 1. The van der Waals surface area contributed by atoms with E-state index in [1.165, 1.54) is 0 Å². The molecule has 0 spiro atoms. The van der Waals surface area contributed by atoms with Crippen molar-refractivity contribution >= 4 is 17.4 Å². The van der Waals surface area contributed by atoms with Crippen molar-refractivity contribution in [2.45, 2.75) is 38.1 Å². The Balaban J connectivity index is 2.06. The summed E-state index contributed by atoms with van der Waals surface area (Å²) < 4.78 is 0. The minimum absolute atomic E-state index is 0.00305. The van der Waals surface area contributed by atoms with Gasteiger partial charge in [0, 0.05) is 13.6 Å². The van der Waals surface area contributed by atoms with E-state index >= 15 is 0 Å². The van der Waals surface area contributed by atoms with Crippen LogP contribution in [0.4, 0.5) is 16.2 Å². The number of nitrogens with zero attached hydrogens (tertiary/aromatic N) is 1. The number of aliphatic hydroxyl groups is 1. The summed E-state index contributed by atoms with van der Waals surface area (Å²) in [7, 11) is 1.99. The number of amides is 2. The van der Waals surface area contributed by atoms with E-state index in [9.17, 15) is 9.90 Å². The molecule has 1 aromatic rings. The van der Waals surface area contributed by atoms with Crippen molar-refractivity contribution in [2.24, 2.45) is 0 Å². The third kappa shape index (κ3) is 3.67. The van der Waals surface area contributed by atoms with Gasteiger partial charge in [0.25, 0.3) is 0 Å². The zero-order valence-electron chi connectivity index (χ0n) is 12.9. The van der Waals surface area contributed by atoms with E-state index in [1.807, 2.05) is 31.3 Å². The third-order valence-corrected chi connectivity index (χ3v) is 4.28. The SMILES string of the molecule is CCN(C)c1ccccc1NC(=O)NC1(CO)CCCC1. The molecule has 2 rings (SSSR count). The molecule has 5 nitrogen and oxygen atoms in total. The Labute approximate surface area is 126 Å². The first-order valence-electron chi connectivity index (χ1n) is 7.60. The zero-order valence-corrected chi connectivity index (χ0v) is 12.9. The van der Waals surface area contributed by atoms with Gasteiger partial charge in [0.2, 0.25) is 0 Å². The van der Waals surface area contributed by atoms with Crippen LogP contribution in [-0.2, 0) is 0 Å². The van der Waals surface area contributed by atoms with Crippen LogP contribution >= 0.6 is 0 Å². The van der Waals surface area contributed by atoms with Crippen molar-refractivity contribution in [3.63, 3.8) is 0 Å². The zero-order chi connectivity index (χ0) is 15.3. The van der Waals surface area contributed by atoms with Crippen molar-refractivity contribution in [3.05, 3.63) is 24.3 Å². The molecule has 0 unspecified atom stereocenters. The van der Waals surface area contributed by atoms with Crippen molar-refractivity contribution < 1.29 is 9.90 Å². The first-order valence-corrected chi connectivity index (χ1v) is 7.60. The topological polar surface area (TPSA) is 64.6 Å². The van der Waals surface area contributed by atoms with Gasteiger partial charge in [-0.05, 0) is 31.9 Å². The Morgan fingerprint density at radius 1 is 1.33 bits per heavy atom. The molecule has 5 heteroatoms. The first-order chi connectivity index (χ1) is 10.1. The van der Waals surface area contributed by atoms with Crippen molar-refractivity contribution in [1.82, 2.24) is 5.32 Å². The van der Waals surface area contributed by atoms with E-state index in [0.717, 1.165) is 43.6 Å². The molecule has 1 aliphatic rings. The smallest absolute Gasteiger partial charge is 0.319 e. The monoisotopic (exact) mass is 291 g/mol. The molecule has 0 atom stereocenters. The number of aliphatic hydroxyl groups excluding tert-OH is 1. The van der Waals surface area contributed by atoms with Gasteiger partial charge in [-0.15, -0.1) is 0 Å². The molecule has 116 valence electrons. The quantitative estimate of drug-likeness (QED) is 0.781. The van der Waals surface area contributed by atoms with Crippen LogP contribution in [0.5, 0.6) is 0 Å². The Morgan fingerprint density at radius 2 is 2.00 bits per heavy atom. The van der Waals surface area contributed by atoms with Crippen LogP contribution in [0.1, 0.15) is 32.6 Å². The van der Waals surface area contributed by atoms with Gasteiger partial charge in [-0.1, -0.05) is 25.0 Å². The molecule has 3 N–H and O–H groups in total. The number of nitrogens with one attached hydrogen (secondary N) is 2. The normalized spacial score (nSPS) is 16.5. The van der Waals surface area contributed by atoms with E-state index in [-0.39, 0.29) is 12.6 Å². The Kier molecular flexibility index (Phi) is 5.07. The Bertz CT molecular complexity index is 484. The van der Waals surface area contributed by atoms with E-state index in [0.29, 0.717) is 0 Å². The lowest BCUT2D eigenvalue weighted by molar-refractivity contribution is 0.167. The minimum atomic E-state index is -0.449. The third-order valence-electron chi connectivity index (χ3n) is 4.28. The maximum Gasteiger partial charge on any atom is 0.319 e. The fourth-order valence-corrected chi connectivity index (χ4v) is 2.85. The van der Waals surface area contributed by atoms with Crippen LogP contribution in [0.2, 0.25) is 0 Å². The number of urea groups is 1. The standard InChI is InChI=1S/C16H25N3O2/c1-3-19(2)14-9-5-4-8-13(14)17-15(21)18-16(12-20)10-6-7-11-16/h4-5,8-9,20H,3,6-7,10-12H2,1-2H3,(H2,17,18,21).